The number of aryl methyl sites for hydroxylation is 1. The first-order valence-corrected chi connectivity index (χ1v) is 15.0. The zero-order valence-corrected chi connectivity index (χ0v) is 26.5. The fraction of sp³-hybridized carbons (Fsp3) is 0.486. The quantitative estimate of drug-likeness (QED) is 0.202. The molecule has 0 amide bonds. The highest BCUT2D eigenvalue weighted by Gasteiger charge is 2.24. The van der Waals surface area contributed by atoms with Crippen LogP contribution in [-0.2, 0) is 17.8 Å². The molecule has 1 unspecified atom stereocenters. The van der Waals surface area contributed by atoms with E-state index in [1.807, 2.05) is 43.6 Å². The van der Waals surface area contributed by atoms with Gasteiger partial charge in [0.25, 0.3) is 0 Å². The van der Waals surface area contributed by atoms with Gasteiger partial charge < -0.3 is 19.2 Å². The van der Waals surface area contributed by atoms with Gasteiger partial charge in [-0.15, -0.1) is 0 Å². The number of likely N-dealkylation sites (tertiary alicyclic amines) is 1. The number of allylic oxidation sites excluding steroid dienone is 4. The average molecular weight is 568 g/mol. The Bertz CT molecular complexity index is 1370. The number of benzene rings is 2. The Morgan fingerprint density at radius 1 is 1.14 bits per heavy atom. The van der Waals surface area contributed by atoms with Gasteiger partial charge in [-0.25, -0.2) is 4.79 Å². The molecule has 2 aromatic rings. The maximum Gasteiger partial charge on any atom is 0.183 e. The molecule has 0 N–H and O–H groups in total. The lowest BCUT2D eigenvalue weighted by Gasteiger charge is -2.34. The summed E-state index contributed by atoms with van der Waals surface area (Å²) in [4.78, 5) is 17.5. The SMILES string of the molecule is [B]N1CCc2ccc(OCC3CCN(Cc4c(C)cc(C(=C/N(C)C)/C(C)=C(/C)C=C=O)cc4OC)CC3)cc2C1C. The van der Waals surface area contributed by atoms with Crippen LogP contribution in [-0.4, -0.2) is 76.0 Å². The first kappa shape index (κ1) is 31.7. The number of rotatable bonds is 10. The lowest BCUT2D eigenvalue weighted by Crippen LogP contribution is -2.35. The first-order valence-electron chi connectivity index (χ1n) is 15.0. The zero-order valence-electron chi connectivity index (χ0n) is 26.5. The highest BCUT2D eigenvalue weighted by molar-refractivity contribution is 6.04. The van der Waals surface area contributed by atoms with Gasteiger partial charge in [0.1, 0.15) is 17.4 Å². The smallest absolute Gasteiger partial charge is 0.183 e. The number of hydrogen-bond acceptors (Lipinski definition) is 6. The minimum atomic E-state index is 0.217. The first-order chi connectivity index (χ1) is 20.1. The van der Waals surface area contributed by atoms with Crippen molar-refractivity contribution in [2.75, 3.05) is 47.4 Å². The number of hydrogen-bond donors (Lipinski definition) is 0. The van der Waals surface area contributed by atoms with Gasteiger partial charge in [0.2, 0.25) is 0 Å². The lowest BCUT2D eigenvalue weighted by molar-refractivity contribution is 0.135. The van der Waals surface area contributed by atoms with E-state index >= 15 is 0 Å². The van der Waals surface area contributed by atoms with E-state index < -0.39 is 0 Å². The molecule has 2 heterocycles. The summed E-state index contributed by atoms with van der Waals surface area (Å²) in [5, 5.41) is 0. The van der Waals surface area contributed by atoms with E-state index in [4.69, 9.17) is 17.5 Å². The summed E-state index contributed by atoms with van der Waals surface area (Å²) in [6, 6.07) is 11.1. The van der Waals surface area contributed by atoms with E-state index in [1.54, 1.807) is 7.11 Å². The maximum absolute atomic E-state index is 11.0. The van der Waals surface area contributed by atoms with Crippen LogP contribution in [0.4, 0.5) is 0 Å². The van der Waals surface area contributed by atoms with Crippen molar-refractivity contribution in [3.63, 3.8) is 0 Å². The summed E-state index contributed by atoms with van der Waals surface area (Å²) in [6.07, 6.45) is 6.80. The molecular formula is C35H46BN3O3. The Hall–Kier alpha value is -3.25. The predicted octanol–water partition coefficient (Wildman–Crippen LogP) is 5.92. The van der Waals surface area contributed by atoms with Gasteiger partial charge in [0.15, 0.2) is 7.98 Å². The van der Waals surface area contributed by atoms with Crippen LogP contribution in [0.3, 0.4) is 0 Å². The van der Waals surface area contributed by atoms with E-state index in [2.05, 4.69) is 55.3 Å². The Labute approximate surface area is 254 Å². The summed E-state index contributed by atoms with van der Waals surface area (Å²) in [6.45, 7) is 12.9. The molecule has 2 aliphatic rings. The molecule has 1 fully saturated rings. The van der Waals surface area contributed by atoms with Gasteiger partial charge in [-0.05, 0) is 124 Å². The van der Waals surface area contributed by atoms with Crippen LogP contribution in [0.25, 0.3) is 5.57 Å². The van der Waals surface area contributed by atoms with Crippen LogP contribution >= 0.6 is 0 Å². The van der Waals surface area contributed by atoms with Crippen molar-refractivity contribution in [2.24, 2.45) is 5.92 Å². The van der Waals surface area contributed by atoms with Crippen LogP contribution in [0, 0.1) is 12.8 Å². The van der Waals surface area contributed by atoms with Crippen molar-refractivity contribution >= 4 is 19.5 Å². The molecule has 4 rings (SSSR count). The summed E-state index contributed by atoms with van der Waals surface area (Å²) in [5.41, 5.74) is 9.17. The van der Waals surface area contributed by atoms with Crippen molar-refractivity contribution in [3.05, 3.63) is 81.6 Å². The van der Waals surface area contributed by atoms with Gasteiger partial charge in [-0.2, -0.15) is 0 Å². The maximum atomic E-state index is 11.0. The van der Waals surface area contributed by atoms with Gasteiger partial charge >= 0.3 is 0 Å². The standard InChI is InChI=1S/C35H46BN3O3/c1-24(13-17-40)26(3)34(21-37(5)6)30-18-25(2)33(35(19-30)41-7)22-38-14-10-28(11-15-38)23-42-31-9-8-29-12-16-39(36)27(4)32(29)20-31/h8-9,13,18-21,27-28H,10-12,14-16,22-23H2,1-7H3/b26-24-,34-21+. The monoisotopic (exact) mass is 567 g/mol. The van der Waals surface area contributed by atoms with Crippen molar-refractivity contribution < 1.29 is 14.3 Å². The Balaban J connectivity index is 1.40. The highest BCUT2D eigenvalue weighted by Crippen LogP contribution is 2.35. The third-order valence-corrected chi connectivity index (χ3v) is 8.90. The molecule has 0 aliphatic carbocycles. The van der Waals surface area contributed by atoms with E-state index in [0.717, 1.165) is 85.8 Å². The van der Waals surface area contributed by atoms with Gasteiger partial charge in [-0.3, -0.25) is 4.90 Å². The second-order valence-corrected chi connectivity index (χ2v) is 12.1. The van der Waals surface area contributed by atoms with Crippen LogP contribution in [0.5, 0.6) is 11.5 Å². The molecule has 0 aromatic heterocycles. The van der Waals surface area contributed by atoms with Crippen molar-refractivity contribution in [1.29, 1.82) is 0 Å². The molecule has 1 saturated heterocycles. The molecule has 7 heteroatoms. The second kappa shape index (κ2) is 14.3. The summed E-state index contributed by atoms with van der Waals surface area (Å²) in [5.74, 6) is 4.30. The Morgan fingerprint density at radius 2 is 1.88 bits per heavy atom. The van der Waals surface area contributed by atoms with Crippen molar-refractivity contribution in [1.82, 2.24) is 14.6 Å². The third kappa shape index (κ3) is 7.58. The molecule has 42 heavy (non-hydrogen) atoms. The van der Waals surface area contributed by atoms with E-state index in [0.29, 0.717) is 5.92 Å². The molecule has 6 nitrogen and oxygen atoms in total. The highest BCUT2D eigenvalue weighted by atomic mass is 16.5. The number of piperidine rings is 1. The summed E-state index contributed by atoms with van der Waals surface area (Å²) >= 11 is 0. The Kier molecular flexibility index (Phi) is 10.8. The van der Waals surface area contributed by atoms with Crippen molar-refractivity contribution in [2.45, 2.75) is 59.5 Å². The fourth-order valence-electron chi connectivity index (χ4n) is 6.03. The van der Waals surface area contributed by atoms with Gasteiger partial charge in [-0.1, -0.05) is 12.1 Å². The molecule has 0 saturated carbocycles. The Morgan fingerprint density at radius 3 is 2.55 bits per heavy atom. The lowest BCUT2D eigenvalue weighted by atomic mass is 9.91. The summed E-state index contributed by atoms with van der Waals surface area (Å²) in [7, 11) is 11.9. The van der Waals surface area contributed by atoms with Gasteiger partial charge in [0, 0.05) is 50.1 Å². The fourth-order valence-corrected chi connectivity index (χ4v) is 6.03. The molecule has 222 valence electrons. The largest absolute Gasteiger partial charge is 0.496 e. The second-order valence-electron chi connectivity index (χ2n) is 12.1. The zero-order chi connectivity index (χ0) is 30.4. The molecular weight excluding hydrogens is 521 g/mol. The minimum absolute atomic E-state index is 0.217. The topological polar surface area (TPSA) is 45.2 Å². The van der Waals surface area contributed by atoms with Crippen LogP contribution in [0.15, 0.2) is 53.8 Å². The normalized spacial score (nSPS) is 19.0. The van der Waals surface area contributed by atoms with Crippen LogP contribution in [0.2, 0.25) is 0 Å². The minimum Gasteiger partial charge on any atom is -0.496 e. The van der Waals surface area contributed by atoms with E-state index in [1.165, 1.54) is 28.3 Å². The molecule has 2 radical (unpaired) electrons. The average Bonchev–Trinajstić information content (AvgIpc) is 2.98. The molecule has 2 aliphatic heterocycles. The van der Waals surface area contributed by atoms with E-state index in [9.17, 15) is 4.79 Å². The molecule has 1 atom stereocenters. The number of ether oxygens (including phenoxy) is 2. The summed E-state index contributed by atoms with van der Waals surface area (Å²) < 4.78 is 12.2. The number of fused-ring (bicyclic) bond motifs is 1. The third-order valence-electron chi connectivity index (χ3n) is 8.90. The van der Waals surface area contributed by atoms with Crippen LogP contribution in [0.1, 0.15) is 67.5 Å². The number of carbonyl (C=O) groups excluding carboxylic acids is 1. The van der Waals surface area contributed by atoms with Gasteiger partial charge in [0.05, 0.1) is 13.7 Å². The van der Waals surface area contributed by atoms with Crippen molar-refractivity contribution in [3.8, 4) is 11.5 Å². The van der Waals surface area contributed by atoms with E-state index in [-0.39, 0.29) is 6.04 Å². The molecule has 2 aromatic carbocycles. The molecule has 0 bridgehead atoms. The number of nitrogens with zero attached hydrogens (tertiary/aromatic N) is 3. The number of methoxy groups -OCH3 is 1. The predicted molar refractivity (Wildman–Crippen MR) is 173 cm³/mol. The molecule has 0 spiro atoms. The van der Waals surface area contributed by atoms with Crippen LogP contribution < -0.4 is 9.47 Å².